The van der Waals surface area contributed by atoms with Gasteiger partial charge in [-0.1, -0.05) is 31.9 Å². The van der Waals surface area contributed by atoms with E-state index in [9.17, 15) is 18.7 Å². The van der Waals surface area contributed by atoms with E-state index in [2.05, 4.69) is 6.92 Å². The molecule has 0 heterocycles. The lowest BCUT2D eigenvalue weighted by molar-refractivity contribution is -0.144. The molecule has 0 amide bonds. The van der Waals surface area contributed by atoms with E-state index in [1.807, 2.05) is 0 Å². The molecule has 3 unspecified atom stereocenters. The third kappa shape index (κ3) is 3.25. The summed E-state index contributed by atoms with van der Waals surface area (Å²) in [5, 5.41) is 9.38. The molecule has 1 aromatic carbocycles. The fourth-order valence-electron chi connectivity index (χ4n) is 3.51. The van der Waals surface area contributed by atoms with E-state index in [0.717, 1.165) is 19.3 Å². The molecule has 1 N–H and O–H groups in total. The topological polar surface area (TPSA) is 37.3 Å². The van der Waals surface area contributed by atoms with Crippen LogP contribution in [0.3, 0.4) is 0 Å². The van der Waals surface area contributed by atoms with Crippen LogP contribution in [0, 0.1) is 30.4 Å². The highest BCUT2D eigenvalue weighted by atomic mass is 19.2. The van der Waals surface area contributed by atoms with Crippen LogP contribution in [0.15, 0.2) is 12.1 Å². The molecule has 1 saturated carbocycles. The first-order valence-corrected chi connectivity index (χ1v) is 7.63. The van der Waals surface area contributed by atoms with Crippen LogP contribution in [0.2, 0.25) is 0 Å². The number of carboxylic acids is 1. The van der Waals surface area contributed by atoms with Crippen LogP contribution >= 0.6 is 0 Å². The number of aliphatic carboxylic acids is 1. The van der Waals surface area contributed by atoms with Crippen LogP contribution < -0.4 is 0 Å². The van der Waals surface area contributed by atoms with Crippen molar-refractivity contribution in [2.24, 2.45) is 11.8 Å². The summed E-state index contributed by atoms with van der Waals surface area (Å²) in [4.78, 5) is 11.4. The third-order valence-corrected chi connectivity index (χ3v) is 4.68. The molecule has 0 spiro atoms. The fourth-order valence-corrected chi connectivity index (χ4v) is 3.51. The van der Waals surface area contributed by atoms with Crippen molar-refractivity contribution in [3.63, 3.8) is 0 Å². The number of carboxylic acid groups (broad SMARTS) is 1. The lowest BCUT2D eigenvalue weighted by atomic mass is 9.70. The predicted octanol–water partition coefficient (Wildman–Crippen LogP) is 4.66. The maximum Gasteiger partial charge on any atom is 0.307 e. The Morgan fingerprint density at radius 3 is 2.62 bits per heavy atom. The van der Waals surface area contributed by atoms with Crippen LogP contribution in [-0.4, -0.2) is 11.1 Å². The molecule has 21 heavy (non-hydrogen) atoms. The van der Waals surface area contributed by atoms with Gasteiger partial charge in [0, 0.05) is 5.92 Å². The molecule has 4 heteroatoms. The lowest BCUT2D eigenvalue weighted by Gasteiger charge is -2.34. The number of benzene rings is 1. The first-order chi connectivity index (χ1) is 9.95. The first-order valence-electron chi connectivity index (χ1n) is 7.63. The van der Waals surface area contributed by atoms with Crippen molar-refractivity contribution in [2.45, 2.75) is 51.9 Å². The Labute approximate surface area is 124 Å². The van der Waals surface area contributed by atoms with Gasteiger partial charge >= 0.3 is 5.97 Å². The molecular formula is C17H22F2O2. The maximum atomic E-state index is 14.2. The van der Waals surface area contributed by atoms with Gasteiger partial charge in [0.15, 0.2) is 11.6 Å². The van der Waals surface area contributed by atoms with Gasteiger partial charge in [0.2, 0.25) is 0 Å². The van der Waals surface area contributed by atoms with Crippen molar-refractivity contribution in [2.75, 3.05) is 0 Å². The van der Waals surface area contributed by atoms with E-state index in [-0.39, 0.29) is 11.1 Å². The van der Waals surface area contributed by atoms with Crippen LogP contribution in [0.5, 0.6) is 0 Å². The number of carbonyl (C=O) groups is 1. The molecule has 2 nitrogen and oxygen atoms in total. The molecule has 0 aliphatic heterocycles. The highest BCUT2D eigenvalue weighted by Crippen LogP contribution is 2.43. The third-order valence-electron chi connectivity index (χ3n) is 4.68. The van der Waals surface area contributed by atoms with Crippen molar-refractivity contribution in [1.82, 2.24) is 0 Å². The van der Waals surface area contributed by atoms with Gasteiger partial charge < -0.3 is 5.11 Å². The van der Waals surface area contributed by atoms with E-state index in [0.29, 0.717) is 18.8 Å². The minimum Gasteiger partial charge on any atom is -0.481 e. The van der Waals surface area contributed by atoms with Gasteiger partial charge in [-0.3, -0.25) is 4.79 Å². The highest BCUT2D eigenvalue weighted by molar-refractivity contribution is 5.71. The Morgan fingerprint density at radius 2 is 2.00 bits per heavy atom. The number of aryl methyl sites for hydroxylation is 1. The molecule has 0 bridgehead atoms. The second-order valence-electron chi connectivity index (χ2n) is 6.12. The van der Waals surface area contributed by atoms with E-state index < -0.39 is 29.4 Å². The molecule has 2 rings (SSSR count). The van der Waals surface area contributed by atoms with Crippen molar-refractivity contribution >= 4 is 5.97 Å². The van der Waals surface area contributed by atoms with E-state index in [1.54, 1.807) is 6.07 Å². The number of halogens is 2. The Bertz CT molecular complexity index is 528. The normalized spacial score (nSPS) is 25.8. The summed E-state index contributed by atoms with van der Waals surface area (Å²) >= 11 is 0. The van der Waals surface area contributed by atoms with Gasteiger partial charge in [-0.05, 0) is 43.2 Å². The fraction of sp³-hybridized carbons (Fsp3) is 0.588. The van der Waals surface area contributed by atoms with Gasteiger partial charge in [-0.2, -0.15) is 0 Å². The molecular weight excluding hydrogens is 274 g/mol. The molecule has 1 aromatic rings. The lowest BCUT2D eigenvalue weighted by Crippen LogP contribution is -2.30. The average molecular weight is 296 g/mol. The number of rotatable bonds is 4. The molecule has 0 aromatic heterocycles. The van der Waals surface area contributed by atoms with Crippen LogP contribution in [0.25, 0.3) is 0 Å². The van der Waals surface area contributed by atoms with Crippen molar-refractivity contribution in [3.05, 3.63) is 34.9 Å². The molecule has 1 aliphatic carbocycles. The average Bonchev–Trinajstić information content (AvgIpc) is 2.45. The van der Waals surface area contributed by atoms with Crippen LogP contribution in [0.4, 0.5) is 8.78 Å². The largest absolute Gasteiger partial charge is 0.481 e. The Kier molecular flexibility index (Phi) is 4.96. The summed E-state index contributed by atoms with van der Waals surface area (Å²) in [6.45, 7) is 3.60. The van der Waals surface area contributed by atoms with Gasteiger partial charge in [-0.15, -0.1) is 0 Å². The van der Waals surface area contributed by atoms with Gasteiger partial charge in [0.1, 0.15) is 0 Å². The van der Waals surface area contributed by atoms with Crippen molar-refractivity contribution in [1.29, 1.82) is 0 Å². The quantitative estimate of drug-likeness (QED) is 0.877. The molecule has 1 aliphatic rings. The zero-order chi connectivity index (χ0) is 15.6. The monoisotopic (exact) mass is 296 g/mol. The first kappa shape index (κ1) is 15.9. The zero-order valence-electron chi connectivity index (χ0n) is 12.5. The zero-order valence-corrected chi connectivity index (χ0v) is 12.5. The summed E-state index contributed by atoms with van der Waals surface area (Å²) in [6, 6.07) is 3.10. The Hall–Kier alpha value is -1.45. The molecule has 1 fully saturated rings. The summed E-state index contributed by atoms with van der Waals surface area (Å²) in [7, 11) is 0. The highest BCUT2D eigenvalue weighted by Gasteiger charge is 2.37. The van der Waals surface area contributed by atoms with Gasteiger partial charge in [0.25, 0.3) is 0 Å². The summed E-state index contributed by atoms with van der Waals surface area (Å²) in [6.07, 6.45) is 4.07. The summed E-state index contributed by atoms with van der Waals surface area (Å²) in [5.41, 5.74) is 0.482. The van der Waals surface area contributed by atoms with E-state index in [4.69, 9.17) is 0 Å². The standard InChI is InChI=1S/C17H22F2O2/c1-3-4-11-6-8-13(17(20)21)14(9-11)12-7-5-10(2)15(18)16(12)19/h5,7,11,13-14H,3-4,6,8-9H2,1-2H3,(H,20,21). The predicted molar refractivity (Wildman–Crippen MR) is 77.2 cm³/mol. The van der Waals surface area contributed by atoms with Crippen molar-refractivity contribution in [3.8, 4) is 0 Å². The van der Waals surface area contributed by atoms with E-state index >= 15 is 0 Å². The molecule has 0 saturated heterocycles. The smallest absolute Gasteiger partial charge is 0.307 e. The molecule has 116 valence electrons. The maximum absolute atomic E-state index is 14.2. The van der Waals surface area contributed by atoms with Gasteiger partial charge in [0.05, 0.1) is 5.92 Å². The Balaban J connectivity index is 2.35. The Morgan fingerprint density at radius 1 is 1.29 bits per heavy atom. The SMILES string of the molecule is CCCC1CCC(C(=O)O)C(c2ccc(C)c(F)c2F)C1. The number of hydrogen-bond acceptors (Lipinski definition) is 1. The van der Waals surface area contributed by atoms with Crippen molar-refractivity contribution < 1.29 is 18.7 Å². The van der Waals surface area contributed by atoms with E-state index in [1.165, 1.54) is 13.0 Å². The second-order valence-corrected chi connectivity index (χ2v) is 6.12. The summed E-state index contributed by atoms with van der Waals surface area (Å²) < 4.78 is 28.0. The van der Waals surface area contributed by atoms with Crippen LogP contribution in [0.1, 0.15) is 56.1 Å². The minimum absolute atomic E-state index is 0.228. The molecule has 0 radical (unpaired) electrons. The van der Waals surface area contributed by atoms with Crippen LogP contribution in [-0.2, 0) is 4.79 Å². The minimum atomic E-state index is -0.907. The van der Waals surface area contributed by atoms with Gasteiger partial charge in [-0.25, -0.2) is 8.78 Å². The second kappa shape index (κ2) is 6.54. The summed E-state index contributed by atoms with van der Waals surface area (Å²) in [5.74, 6) is -3.27. The molecule has 3 atom stereocenters. The number of hydrogen-bond donors (Lipinski definition) is 1.